The Morgan fingerprint density at radius 3 is 2.71 bits per heavy atom. The Morgan fingerprint density at radius 1 is 1.18 bits per heavy atom. The summed E-state index contributed by atoms with van der Waals surface area (Å²) < 4.78 is 5.01. The molecule has 5 nitrogen and oxygen atoms in total. The van der Waals surface area contributed by atoms with Crippen LogP contribution in [0.3, 0.4) is 0 Å². The average molecular weight is 229 g/mol. The highest BCUT2D eigenvalue weighted by Crippen LogP contribution is 2.03. The lowest BCUT2D eigenvalue weighted by Gasteiger charge is -2.02. The van der Waals surface area contributed by atoms with Crippen LogP contribution in [0.5, 0.6) is 0 Å². The molecule has 1 aromatic heterocycles. The van der Waals surface area contributed by atoms with Crippen LogP contribution in [-0.4, -0.2) is 12.2 Å². The van der Waals surface area contributed by atoms with E-state index in [1.807, 2.05) is 18.2 Å². The van der Waals surface area contributed by atoms with Crippen LogP contribution in [0.2, 0.25) is 0 Å². The van der Waals surface area contributed by atoms with E-state index in [2.05, 4.69) is 15.8 Å². The Kier molecular flexibility index (Phi) is 3.54. The van der Waals surface area contributed by atoms with Gasteiger partial charge in [0, 0.05) is 5.69 Å². The van der Waals surface area contributed by atoms with Crippen molar-refractivity contribution in [2.75, 3.05) is 5.32 Å². The molecule has 0 saturated heterocycles. The minimum atomic E-state index is -0.404. The number of nitrogens with zero attached hydrogens (tertiary/aromatic N) is 1. The van der Waals surface area contributed by atoms with Crippen LogP contribution in [-0.2, 0) is 0 Å². The van der Waals surface area contributed by atoms with Gasteiger partial charge in [-0.05, 0) is 24.3 Å². The number of carbonyl (C=O) groups is 1. The molecule has 0 atom stereocenters. The van der Waals surface area contributed by atoms with Crippen LogP contribution in [0.4, 0.5) is 10.5 Å². The van der Waals surface area contributed by atoms with Gasteiger partial charge in [-0.2, -0.15) is 5.10 Å². The fourth-order valence-corrected chi connectivity index (χ4v) is 1.20. The van der Waals surface area contributed by atoms with Crippen molar-refractivity contribution >= 4 is 17.9 Å². The van der Waals surface area contributed by atoms with Crippen LogP contribution in [0.25, 0.3) is 0 Å². The Bertz CT molecular complexity index is 492. The summed E-state index contributed by atoms with van der Waals surface area (Å²) in [5, 5.41) is 6.36. The van der Waals surface area contributed by atoms with Crippen molar-refractivity contribution < 1.29 is 9.21 Å². The fourth-order valence-electron chi connectivity index (χ4n) is 1.20. The van der Waals surface area contributed by atoms with E-state index in [-0.39, 0.29) is 0 Å². The summed E-state index contributed by atoms with van der Waals surface area (Å²) >= 11 is 0. The lowest BCUT2D eigenvalue weighted by molar-refractivity contribution is 0.252. The molecule has 0 bridgehead atoms. The van der Waals surface area contributed by atoms with E-state index < -0.39 is 6.03 Å². The van der Waals surface area contributed by atoms with Crippen LogP contribution in [0.15, 0.2) is 58.2 Å². The Labute approximate surface area is 98.1 Å². The van der Waals surface area contributed by atoms with Gasteiger partial charge in [0.1, 0.15) is 5.76 Å². The summed E-state index contributed by atoms with van der Waals surface area (Å²) in [6, 6.07) is 12.2. The molecule has 5 heteroatoms. The molecule has 0 fully saturated rings. The second-order valence-corrected chi connectivity index (χ2v) is 3.21. The molecule has 86 valence electrons. The normalized spacial score (nSPS) is 10.4. The SMILES string of the molecule is O=C(N/N=C/c1ccco1)Nc1ccccc1. The van der Waals surface area contributed by atoms with Crippen molar-refractivity contribution in [1.29, 1.82) is 0 Å². The van der Waals surface area contributed by atoms with Gasteiger partial charge in [0.15, 0.2) is 0 Å². The molecular weight excluding hydrogens is 218 g/mol. The van der Waals surface area contributed by atoms with Gasteiger partial charge in [-0.1, -0.05) is 18.2 Å². The number of nitrogens with one attached hydrogen (secondary N) is 2. The molecule has 0 unspecified atom stereocenters. The molecule has 0 aliphatic heterocycles. The maximum absolute atomic E-state index is 11.4. The number of urea groups is 1. The van der Waals surface area contributed by atoms with E-state index in [1.54, 1.807) is 24.3 Å². The third-order valence-electron chi connectivity index (χ3n) is 1.93. The van der Waals surface area contributed by atoms with E-state index >= 15 is 0 Å². The van der Waals surface area contributed by atoms with Crippen molar-refractivity contribution in [1.82, 2.24) is 5.43 Å². The molecule has 0 aliphatic rings. The molecular formula is C12H11N3O2. The number of hydrogen-bond acceptors (Lipinski definition) is 3. The van der Waals surface area contributed by atoms with Gasteiger partial charge in [0.2, 0.25) is 0 Å². The zero-order valence-corrected chi connectivity index (χ0v) is 8.96. The number of para-hydroxylation sites is 1. The van der Waals surface area contributed by atoms with Crippen molar-refractivity contribution in [3.8, 4) is 0 Å². The quantitative estimate of drug-likeness (QED) is 0.627. The summed E-state index contributed by atoms with van der Waals surface area (Å²) in [7, 11) is 0. The van der Waals surface area contributed by atoms with Gasteiger partial charge in [-0.3, -0.25) is 0 Å². The predicted molar refractivity (Wildman–Crippen MR) is 64.9 cm³/mol. The summed E-state index contributed by atoms with van der Waals surface area (Å²) in [6.45, 7) is 0. The second-order valence-electron chi connectivity index (χ2n) is 3.21. The first-order valence-electron chi connectivity index (χ1n) is 5.03. The van der Waals surface area contributed by atoms with E-state index in [0.717, 1.165) is 0 Å². The number of anilines is 1. The van der Waals surface area contributed by atoms with Crippen molar-refractivity contribution in [3.63, 3.8) is 0 Å². The highest BCUT2D eigenvalue weighted by atomic mass is 16.3. The van der Waals surface area contributed by atoms with Crippen molar-refractivity contribution in [3.05, 3.63) is 54.5 Å². The maximum atomic E-state index is 11.4. The number of carbonyl (C=O) groups excluding carboxylic acids is 1. The lowest BCUT2D eigenvalue weighted by atomic mass is 10.3. The maximum Gasteiger partial charge on any atom is 0.339 e. The lowest BCUT2D eigenvalue weighted by Crippen LogP contribution is -2.24. The van der Waals surface area contributed by atoms with Gasteiger partial charge in [-0.25, -0.2) is 10.2 Å². The monoisotopic (exact) mass is 229 g/mol. The number of rotatable bonds is 3. The average Bonchev–Trinajstić information content (AvgIpc) is 2.83. The first-order chi connectivity index (χ1) is 8.34. The van der Waals surface area contributed by atoms with Crippen LogP contribution < -0.4 is 10.7 Å². The van der Waals surface area contributed by atoms with Gasteiger partial charge in [0.25, 0.3) is 0 Å². The summed E-state index contributed by atoms with van der Waals surface area (Å²) in [4.78, 5) is 11.4. The molecule has 0 aliphatic carbocycles. The molecule has 1 aromatic carbocycles. The summed E-state index contributed by atoms with van der Waals surface area (Å²) in [5.41, 5.74) is 3.04. The number of hydrogen-bond donors (Lipinski definition) is 2. The van der Waals surface area contributed by atoms with Crippen LogP contribution in [0, 0.1) is 0 Å². The molecule has 1 heterocycles. The Morgan fingerprint density at radius 2 is 2.00 bits per heavy atom. The number of benzene rings is 1. The topological polar surface area (TPSA) is 66.6 Å². The molecule has 0 spiro atoms. The van der Waals surface area contributed by atoms with Gasteiger partial charge < -0.3 is 9.73 Å². The molecule has 0 saturated carbocycles. The smallest absolute Gasteiger partial charge is 0.339 e. The van der Waals surface area contributed by atoms with Crippen molar-refractivity contribution in [2.24, 2.45) is 5.10 Å². The minimum Gasteiger partial charge on any atom is -0.463 e. The van der Waals surface area contributed by atoms with E-state index in [0.29, 0.717) is 11.4 Å². The van der Waals surface area contributed by atoms with Crippen LogP contribution in [0.1, 0.15) is 5.76 Å². The van der Waals surface area contributed by atoms with Gasteiger partial charge in [-0.15, -0.1) is 0 Å². The first kappa shape index (κ1) is 10.9. The molecule has 0 radical (unpaired) electrons. The molecule has 2 aromatic rings. The van der Waals surface area contributed by atoms with E-state index in [4.69, 9.17) is 4.42 Å². The molecule has 17 heavy (non-hydrogen) atoms. The highest BCUT2D eigenvalue weighted by molar-refractivity contribution is 5.89. The Balaban J connectivity index is 1.82. The zero-order chi connectivity index (χ0) is 11.9. The fraction of sp³-hybridized carbons (Fsp3) is 0. The molecule has 2 rings (SSSR count). The van der Waals surface area contributed by atoms with Crippen molar-refractivity contribution in [2.45, 2.75) is 0 Å². The number of amides is 2. The minimum absolute atomic E-state index is 0.404. The first-order valence-corrected chi connectivity index (χ1v) is 5.03. The third-order valence-corrected chi connectivity index (χ3v) is 1.93. The second kappa shape index (κ2) is 5.50. The van der Waals surface area contributed by atoms with E-state index in [1.165, 1.54) is 12.5 Å². The number of hydrazone groups is 1. The van der Waals surface area contributed by atoms with E-state index in [9.17, 15) is 4.79 Å². The summed E-state index contributed by atoms with van der Waals surface area (Å²) in [6.07, 6.45) is 2.95. The van der Waals surface area contributed by atoms with Gasteiger partial charge >= 0.3 is 6.03 Å². The molecule has 2 amide bonds. The van der Waals surface area contributed by atoms with Gasteiger partial charge in [0.05, 0.1) is 12.5 Å². The largest absolute Gasteiger partial charge is 0.463 e. The summed E-state index contributed by atoms with van der Waals surface area (Å²) in [5.74, 6) is 0.574. The highest BCUT2D eigenvalue weighted by Gasteiger charge is 1.98. The number of furan rings is 1. The van der Waals surface area contributed by atoms with Crippen LogP contribution >= 0.6 is 0 Å². The molecule has 2 N–H and O–H groups in total. The Hall–Kier alpha value is -2.56. The standard InChI is InChI=1S/C12H11N3O2/c16-12(14-10-5-2-1-3-6-10)15-13-9-11-7-4-8-17-11/h1-9H,(H2,14,15,16)/b13-9+. The zero-order valence-electron chi connectivity index (χ0n) is 8.96. The predicted octanol–water partition coefficient (Wildman–Crippen LogP) is 2.44. The third kappa shape index (κ3) is 3.49.